The summed E-state index contributed by atoms with van der Waals surface area (Å²) in [6.45, 7) is 10.3. The number of benzene rings is 2. The number of aromatic hydroxyl groups is 1. The maximum Gasteiger partial charge on any atom is 0.235 e. The summed E-state index contributed by atoms with van der Waals surface area (Å²) < 4.78 is 17.5. The summed E-state index contributed by atoms with van der Waals surface area (Å²) in [6, 6.07) is 10.3. The van der Waals surface area contributed by atoms with Gasteiger partial charge in [0, 0.05) is 6.54 Å². The molecule has 6 nitrogen and oxygen atoms in total. The molecule has 0 aliphatic carbocycles. The summed E-state index contributed by atoms with van der Waals surface area (Å²) in [7, 11) is 0. The van der Waals surface area contributed by atoms with Gasteiger partial charge in [-0.2, -0.15) is 0 Å². The second-order valence-corrected chi connectivity index (χ2v) is 6.70. The molecule has 0 bridgehead atoms. The first-order chi connectivity index (χ1) is 14.0. The topological polar surface area (TPSA) is 72.1 Å². The Balaban J connectivity index is 2.11. The average molecular weight is 397 g/mol. The Hall–Kier alpha value is -2.99. The Labute approximate surface area is 170 Å². The van der Waals surface area contributed by atoms with Crippen molar-refractivity contribution in [3.05, 3.63) is 57.9 Å². The van der Waals surface area contributed by atoms with Crippen molar-refractivity contribution in [2.45, 2.75) is 34.2 Å². The Kier molecular flexibility index (Phi) is 6.44. The number of ether oxygens (including phenoxy) is 2. The minimum atomic E-state index is -0.282. The van der Waals surface area contributed by atoms with Crippen molar-refractivity contribution in [2.24, 2.45) is 0 Å². The summed E-state index contributed by atoms with van der Waals surface area (Å²) >= 11 is 0. The van der Waals surface area contributed by atoms with Crippen molar-refractivity contribution in [3.8, 4) is 23.0 Å². The molecule has 2 aromatic carbocycles. The highest BCUT2D eigenvalue weighted by Crippen LogP contribution is 2.34. The van der Waals surface area contributed by atoms with E-state index in [0.29, 0.717) is 46.9 Å². The maximum absolute atomic E-state index is 13.2. The lowest BCUT2D eigenvalue weighted by Crippen LogP contribution is -2.22. The van der Waals surface area contributed by atoms with E-state index in [1.165, 1.54) is 6.07 Å². The minimum Gasteiger partial charge on any atom is -0.507 e. The molecule has 29 heavy (non-hydrogen) atoms. The van der Waals surface area contributed by atoms with Crippen LogP contribution in [0.25, 0.3) is 11.0 Å². The Bertz CT molecular complexity index is 1050. The predicted octanol–water partition coefficient (Wildman–Crippen LogP) is 4.84. The molecule has 154 valence electrons. The fraction of sp³-hybridized carbons (Fsp3) is 0.348. The van der Waals surface area contributed by atoms with E-state index in [9.17, 15) is 9.90 Å². The minimum absolute atomic E-state index is 0.113. The van der Waals surface area contributed by atoms with Gasteiger partial charge in [0.05, 0.1) is 17.6 Å². The van der Waals surface area contributed by atoms with Crippen molar-refractivity contribution in [1.82, 2.24) is 4.90 Å². The van der Waals surface area contributed by atoms with Crippen LogP contribution in [0.15, 0.2) is 45.6 Å². The maximum atomic E-state index is 13.2. The molecule has 0 fully saturated rings. The number of fused-ring (bicyclic) bond motifs is 1. The fourth-order valence-electron chi connectivity index (χ4n) is 3.26. The van der Waals surface area contributed by atoms with Crippen LogP contribution >= 0.6 is 0 Å². The van der Waals surface area contributed by atoms with Gasteiger partial charge in [-0.3, -0.25) is 9.69 Å². The molecule has 0 atom stereocenters. The first-order valence-corrected chi connectivity index (χ1v) is 9.90. The van der Waals surface area contributed by atoms with Crippen LogP contribution in [0.1, 0.15) is 32.1 Å². The summed E-state index contributed by atoms with van der Waals surface area (Å²) in [6.07, 6.45) is 0. The number of phenols is 1. The number of nitrogens with zero attached hydrogens (tertiary/aromatic N) is 1. The van der Waals surface area contributed by atoms with Gasteiger partial charge in [0.25, 0.3) is 0 Å². The number of para-hydroxylation sites is 2. The first-order valence-electron chi connectivity index (χ1n) is 9.90. The van der Waals surface area contributed by atoms with Gasteiger partial charge in [0.15, 0.2) is 11.5 Å². The number of phenolic OH excluding ortho intramolecular Hbond substituents is 1. The van der Waals surface area contributed by atoms with Crippen molar-refractivity contribution >= 4 is 11.0 Å². The van der Waals surface area contributed by atoms with E-state index in [0.717, 1.165) is 13.1 Å². The second kappa shape index (κ2) is 9.01. The van der Waals surface area contributed by atoms with Crippen LogP contribution in [0.5, 0.6) is 23.0 Å². The van der Waals surface area contributed by atoms with Gasteiger partial charge in [-0.05, 0) is 51.2 Å². The van der Waals surface area contributed by atoms with Crippen molar-refractivity contribution < 1.29 is 19.0 Å². The number of aryl methyl sites for hydroxylation is 1. The van der Waals surface area contributed by atoms with Crippen LogP contribution < -0.4 is 14.9 Å². The van der Waals surface area contributed by atoms with Gasteiger partial charge in [0.1, 0.15) is 17.1 Å². The predicted molar refractivity (Wildman–Crippen MR) is 113 cm³/mol. The molecular weight excluding hydrogens is 370 g/mol. The highest BCUT2D eigenvalue weighted by atomic mass is 16.5. The molecule has 0 saturated heterocycles. The molecule has 3 aromatic rings. The molecule has 0 aliphatic heterocycles. The van der Waals surface area contributed by atoms with E-state index in [1.54, 1.807) is 25.1 Å². The molecule has 0 aliphatic rings. The summed E-state index contributed by atoms with van der Waals surface area (Å²) in [5, 5.41) is 10.8. The van der Waals surface area contributed by atoms with Gasteiger partial charge < -0.3 is 19.0 Å². The molecule has 0 spiro atoms. The lowest BCUT2D eigenvalue weighted by molar-refractivity contribution is 0.290. The molecule has 0 radical (unpaired) electrons. The Morgan fingerprint density at radius 3 is 2.38 bits per heavy atom. The number of hydrogen-bond acceptors (Lipinski definition) is 6. The van der Waals surface area contributed by atoms with E-state index in [2.05, 4.69) is 18.7 Å². The second-order valence-electron chi connectivity index (χ2n) is 6.70. The van der Waals surface area contributed by atoms with Gasteiger partial charge in [-0.15, -0.1) is 0 Å². The van der Waals surface area contributed by atoms with Crippen molar-refractivity contribution in [2.75, 3.05) is 19.7 Å². The third-order valence-electron chi connectivity index (χ3n) is 4.90. The highest BCUT2D eigenvalue weighted by Gasteiger charge is 2.20. The molecule has 0 saturated carbocycles. The fourth-order valence-corrected chi connectivity index (χ4v) is 3.26. The summed E-state index contributed by atoms with van der Waals surface area (Å²) in [5.74, 6) is 1.58. The van der Waals surface area contributed by atoms with E-state index < -0.39 is 0 Å². The summed E-state index contributed by atoms with van der Waals surface area (Å²) in [5.41, 5.74) is 0.716. The molecule has 3 rings (SSSR count). The normalized spacial score (nSPS) is 11.2. The quantitative estimate of drug-likeness (QED) is 0.586. The third-order valence-corrected chi connectivity index (χ3v) is 4.90. The van der Waals surface area contributed by atoms with Gasteiger partial charge in [-0.25, -0.2) is 0 Å². The molecular formula is C23H27NO5. The third kappa shape index (κ3) is 4.22. The number of hydrogen-bond donors (Lipinski definition) is 1. The van der Waals surface area contributed by atoms with E-state index >= 15 is 0 Å². The van der Waals surface area contributed by atoms with Crippen LogP contribution in [0, 0.1) is 6.92 Å². The standard InChI is InChI=1S/C23H27NO5/c1-5-24(6-2)14-17-18(25)13-12-16-21(26)22(15(4)28-23(16)17)29-20-11-9-8-10-19(20)27-7-3/h8-13,25H,5-7,14H2,1-4H3. The average Bonchev–Trinajstić information content (AvgIpc) is 2.72. The molecule has 0 unspecified atom stereocenters. The van der Waals surface area contributed by atoms with Crippen LogP contribution in [0.4, 0.5) is 0 Å². The highest BCUT2D eigenvalue weighted by molar-refractivity contribution is 5.83. The summed E-state index contributed by atoms with van der Waals surface area (Å²) in [4.78, 5) is 15.3. The monoisotopic (exact) mass is 397 g/mol. The van der Waals surface area contributed by atoms with Gasteiger partial charge >= 0.3 is 0 Å². The molecule has 1 N–H and O–H groups in total. The lowest BCUT2D eigenvalue weighted by Gasteiger charge is -2.20. The van der Waals surface area contributed by atoms with Crippen molar-refractivity contribution in [1.29, 1.82) is 0 Å². The van der Waals surface area contributed by atoms with Gasteiger partial charge in [0.2, 0.25) is 11.2 Å². The van der Waals surface area contributed by atoms with E-state index in [4.69, 9.17) is 13.9 Å². The zero-order valence-corrected chi connectivity index (χ0v) is 17.3. The van der Waals surface area contributed by atoms with Crippen molar-refractivity contribution in [3.63, 3.8) is 0 Å². The van der Waals surface area contributed by atoms with Crippen LogP contribution in [-0.4, -0.2) is 29.7 Å². The Morgan fingerprint density at radius 2 is 1.72 bits per heavy atom. The SMILES string of the molecule is CCOc1ccccc1Oc1c(C)oc2c(CN(CC)CC)c(O)ccc2c1=O. The molecule has 1 aromatic heterocycles. The smallest absolute Gasteiger partial charge is 0.235 e. The lowest BCUT2D eigenvalue weighted by atomic mass is 10.1. The largest absolute Gasteiger partial charge is 0.507 e. The molecule has 1 heterocycles. The zero-order valence-electron chi connectivity index (χ0n) is 17.3. The Morgan fingerprint density at radius 1 is 1.03 bits per heavy atom. The molecule has 0 amide bonds. The van der Waals surface area contributed by atoms with Crippen LogP contribution in [0.3, 0.4) is 0 Å². The van der Waals surface area contributed by atoms with Crippen LogP contribution in [0.2, 0.25) is 0 Å². The molecule has 6 heteroatoms. The first kappa shape index (κ1) is 20.7. The van der Waals surface area contributed by atoms with Gasteiger partial charge in [-0.1, -0.05) is 26.0 Å². The van der Waals surface area contributed by atoms with E-state index in [1.807, 2.05) is 19.1 Å². The number of rotatable bonds is 8. The zero-order chi connectivity index (χ0) is 21.0. The van der Waals surface area contributed by atoms with E-state index in [-0.39, 0.29) is 16.9 Å². The van der Waals surface area contributed by atoms with Crippen LogP contribution in [-0.2, 0) is 6.54 Å².